The number of thiocarbonyl (C=S) groups is 1. The van der Waals surface area contributed by atoms with Gasteiger partial charge in [-0.25, -0.2) is 9.97 Å². The zero-order valence-electron chi connectivity index (χ0n) is 10.2. The van der Waals surface area contributed by atoms with Crippen molar-refractivity contribution < 1.29 is 4.42 Å². The van der Waals surface area contributed by atoms with Gasteiger partial charge in [-0.1, -0.05) is 0 Å². The van der Waals surface area contributed by atoms with Crippen LogP contribution < -0.4 is 10.6 Å². The molecule has 2 aromatic rings. The summed E-state index contributed by atoms with van der Waals surface area (Å²) in [5, 5.41) is 6.43. The third-order valence-electron chi connectivity index (χ3n) is 2.21. The molecule has 6 heteroatoms. The summed E-state index contributed by atoms with van der Waals surface area (Å²) in [6.07, 6.45) is 1.63. The normalized spacial score (nSPS) is 10.1. The van der Waals surface area contributed by atoms with Crippen molar-refractivity contribution in [1.29, 1.82) is 0 Å². The fraction of sp³-hybridized carbons (Fsp3) is 0.250. The minimum Gasteiger partial charge on any atom is -0.467 e. The Bertz CT molecular complexity index is 519. The van der Waals surface area contributed by atoms with Crippen LogP contribution in [0.2, 0.25) is 0 Å². The standard InChI is InChI=1S/C12H14N4OS/c1-8-6-9(2)15-11(14-8)16-12(18)13-7-10-4-3-5-17-10/h3-6H,7H2,1-2H3,(H2,13,14,15,16,18). The SMILES string of the molecule is Cc1cc(C)nc(NC(=S)NCc2ccco2)n1. The Balaban J connectivity index is 1.90. The van der Waals surface area contributed by atoms with Gasteiger partial charge in [-0.2, -0.15) is 0 Å². The zero-order chi connectivity index (χ0) is 13.0. The number of furan rings is 1. The lowest BCUT2D eigenvalue weighted by atomic mass is 10.4. The van der Waals surface area contributed by atoms with Gasteiger partial charge in [-0.05, 0) is 44.3 Å². The van der Waals surface area contributed by atoms with Gasteiger partial charge < -0.3 is 15.1 Å². The molecule has 2 aromatic heterocycles. The Kier molecular flexibility index (Phi) is 3.88. The van der Waals surface area contributed by atoms with Gasteiger partial charge in [0.15, 0.2) is 5.11 Å². The highest BCUT2D eigenvalue weighted by molar-refractivity contribution is 7.80. The number of aryl methyl sites for hydroxylation is 2. The van der Waals surface area contributed by atoms with Crippen molar-refractivity contribution in [2.75, 3.05) is 5.32 Å². The van der Waals surface area contributed by atoms with Crippen LogP contribution in [0.4, 0.5) is 5.95 Å². The van der Waals surface area contributed by atoms with E-state index in [9.17, 15) is 0 Å². The van der Waals surface area contributed by atoms with Crippen molar-refractivity contribution in [3.63, 3.8) is 0 Å². The van der Waals surface area contributed by atoms with Gasteiger partial charge in [-0.3, -0.25) is 0 Å². The molecule has 0 bridgehead atoms. The molecule has 0 aliphatic carbocycles. The Hall–Kier alpha value is -1.95. The largest absolute Gasteiger partial charge is 0.467 e. The van der Waals surface area contributed by atoms with Crippen LogP contribution in [0, 0.1) is 13.8 Å². The maximum atomic E-state index is 5.19. The first-order valence-electron chi connectivity index (χ1n) is 5.53. The van der Waals surface area contributed by atoms with Crippen molar-refractivity contribution >= 4 is 23.3 Å². The summed E-state index contributed by atoms with van der Waals surface area (Å²) >= 11 is 5.15. The van der Waals surface area contributed by atoms with Gasteiger partial charge in [0.1, 0.15) is 5.76 Å². The first-order chi connectivity index (χ1) is 8.63. The quantitative estimate of drug-likeness (QED) is 0.827. The predicted molar refractivity (Wildman–Crippen MR) is 73.3 cm³/mol. The van der Waals surface area contributed by atoms with E-state index in [4.69, 9.17) is 16.6 Å². The van der Waals surface area contributed by atoms with Crippen molar-refractivity contribution in [3.05, 3.63) is 41.6 Å². The Morgan fingerprint density at radius 3 is 2.67 bits per heavy atom. The molecule has 5 nitrogen and oxygen atoms in total. The van der Waals surface area contributed by atoms with Crippen molar-refractivity contribution in [2.45, 2.75) is 20.4 Å². The number of anilines is 1. The number of hydrogen-bond acceptors (Lipinski definition) is 4. The molecule has 0 unspecified atom stereocenters. The molecule has 2 rings (SSSR count). The molecule has 0 aliphatic rings. The minimum absolute atomic E-state index is 0.469. The Labute approximate surface area is 111 Å². The van der Waals surface area contributed by atoms with Crippen LogP contribution in [-0.4, -0.2) is 15.1 Å². The van der Waals surface area contributed by atoms with Gasteiger partial charge in [-0.15, -0.1) is 0 Å². The fourth-order valence-electron chi connectivity index (χ4n) is 1.51. The summed E-state index contributed by atoms with van der Waals surface area (Å²) in [4.78, 5) is 8.49. The number of rotatable bonds is 3. The average Bonchev–Trinajstić information content (AvgIpc) is 2.77. The van der Waals surface area contributed by atoms with Gasteiger partial charge in [0.05, 0.1) is 12.8 Å². The third-order valence-corrected chi connectivity index (χ3v) is 2.46. The lowest BCUT2D eigenvalue weighted by Gasteiger charge is -2.09. The molecule has 2 N–H and O–H groups in total. The van der Waals surface area contributed by atoms with Crippen molar-refractivity contribution in [1.82, 2.24) is 15.3 Å². The molecule has 0 amide bonds. The summed E-state index contributed by atoms with van der Waals surface area (Å²) in [6.45, 7) is 4.36. The molecule has 0 radical (unpaired) electrons. The monoisotopic (exact) mass is 262 g/mol. The van der Waals surface area contributed by atoms with Crippen LogP contribution in [0.15, 0.2) is 28.9 Å². The molecule has 0 aromatic carbocycles. The lowest BCUT2D eigenvalue weighted by molar-refractivity contribution is 0.503. The summed E-state index contributed by atoms with van der Waals surface area (Å²) in [7, 11) is 0. The van der Waals surface area contributed by atoms with Crippen molar-refractivity contribution in [3.8, 4) is 0 Å². The molecule has 2 heterocycles. The van der Waals surface area contributed by atoms with Crippen LogP contribution >= 0.6 is 12.2 Å². The van der Waals surface area contributed by atoms with Crippen LogP contribution in [0.25, 0.3) is 0 Å². The first kappa shape index (κ1) is 12.5. The number of hydrogen-bond donors (Lipinski definition) is 2. The molecular formula is C12H14N4OS. The van der Waals surface area contributed by atoms with Crippen LogP contribution in [0.1, 0.15) is 17.1 Å². The van der Waals surface area contributed by atoms with Gasteiger partial charge in [0.25, 0.3) is 0 Å². The number of aromatic nitrogens is 2. The van der Waals surface area contributed by atoms with Crippen molar-refractivity contribution in [2.24, 2.45) is 0 Å². The second-order valence-electron chi connectivity index (χ2n) is 3.86. The second-order valence-corrected chi connectivity index (χ2v) is 4.27. The maximum Gasteiger partial charge on any atom is 0.229 e. The van der Waals surface area contributed by atoms with E-state index in [0.717, 1.165) is 17.1 Å². The maximum absolute atomic E-state index is 5.19. The molecule has 0 atom stereocenters. The molecule has 0 fully saturated rings. The molecular weight excluding hydrogens is 248 g/mol. The molecule has 18 heavy (non-hydrogen) atoms. The van der Waals surface area contributed by atoms with E-state index < -0.39 is 0 Å². The van der Waals surface area contributed by atoms with E-state index in [0.29, 0.717) is 17.6 Å². The molecule has 0 aliphatic heterocycles. The van der Waals surface area contributed by atoms with E-state index in [1.807, 2.05) is 32.0 Å². The smallest absolute Gasteiger partial charge is 0.229 e. The lowest BCUT2D eigenvalue weighted by Crippen LogP contribution is -2.28. The summed E-state index contributed by atoms with van der Waals surface area (Å²) < 4.78 is 5.19. The Morgan fingerprint density at radius 2 is 2.06 bits per heavy atom. The molecule has 94 valence electrons. The summed E-state index contributed by atoms with van der Waals surface area (Å²) in [5.74, 6) is 1.32. The van der Waals surface area contributed by atoms with E-state index >= 15 is 0 Å². The summed E-state index contributed by atoms with van der Waals surface area (Å²) in [5.41, 5.74) is 1.80. The number of nitrogens with zero attached hydrogens (tertiary/aromatic N) is 2. The molecule has 0 saturated carbocycles. The molecule has 0 spiro atoms. The number of nitrogens with one attached hydrogen (secondary N) is 2. The Morgan fingerprint density at radius 1 is 1.33 bits per heavy atom. The van der Waals surface area contributed by atoms with Crippen LogP contribution in [0.5, 0.6) is 0 Å². The first-order valence-corrected chi connectivity index (χ1v) is 5.94. The van der Waals surface area contributed by atoms with Gasteiger partial charge >= 0.3 is 0 Å². The highest BCUT2D eigenvalue weighted by Crippen LogP contribution is 2.04. The van der Waals surface area contributed by atoms with E-state index in [2.05, 4.69) is 20.6 Å². The van der Waals surface area contributed by atoms with Gasteiger partial charge in [0.2, 0.25) is 5.95 Å². The highest BCUT2D eigenvalue weighted by Gasteiger charge is 2.03. The predicted octanol–water partition coefficient (Wildman–Crippen LogP) is 2.17. The fourth-order valence-corrected chi connectivity index (χ4v) is 1.67. The van der Waals surface area contributed by atoms with E-state index in [1.54, 1.807) is 6.26 Å². The second kappa shape index (κ2) is 5.59. The van der Waals surface area contributed by atoms with E-state index in [1.165, 1.54) is 0 Å². The summed E-state index contributed by atoms with van der Waals surface area (Å²) in [6, 6.07) is 5.62. The van der Waals surface area contributed by atoms with E-state index in [-0.39, 0.29) is 0 Å². The zero-order valence-corrected chi connectivity index (χ0v) is 11.0. The highest BCUT2D eigenvalue weighted by atomic mass is 32.1. The topological polar surface area (TPSA) is 63.0 Å². The molecule has 0 saturated heterocycles. The van der Waals surface area contributed by atoms with Crippen LogP contribution in [0.3, 0.4) is 0 Å². The third kappa shape index (κ3) is 3.53. The van der Waals surface area contributed by atoms with Gasteiger partial charge in [0, 0.05) is 11.4 Å². The average molecular weight is 262 g/mol. The van der Waals surface area contributed by atoms with Crippen LogP contribution in [-0.2, 0) is 6.54 Å². The minimum atomic E-state index is 0.469.